The van der Waals surface area contributed by atoms with Crippen LogP contribution in [0.3, 0.4) is 0 Å². The Kier molecular flexibility index (Phi) is 5.67. The summed E-state index contributed by atoms with van der Waals surface area (Å²) in [6, 6.07) is 6.22. The molecule has 1 heterocycles. The zero-order valence-corrected chi connectivity index (χ0v) is 13.2. The van der Waals surface area contributed by atoms with Crippen LogP contribution in [0.15, 0.2) is 22.7 Å². The van der Waals surface area contributed by atoms with Gasteiger partial charge in [0, 0.05) is 29.9 Å². The van der Waals surface area contributed by atoms with Crippen LogP contribution in [0.4, 0.5) is 5.69 Å². The fourth-order valence-corrected chi connectivity index (χ4v) is 2.77. The minimum atomic E-state index is 0.404. The number of piperidine rings is 1. The molecule has 3 nitrogen and oxygen atoms in total. The average molecular weight is 327 g/mol. The number of likely N-dealkylation sites (tertiary alicyclic amines) is 1. The van der Waals surface area contributed by atoms with Crippen LogP contribution in [0.1, 0.15) is 31.7 Å². The number of nitrogens with two attached hydrogens (primary N) is 1. The molecule has 19 heavy (non-hydrogen) atoms. The monoisotopic (exact) mass is 326 g/mol. The Labute approximate surface area is 124 Å². The third-order valence-electron chi connectivity index (χ3n) is 3.49. The molecule has 2 rings (SSSR count). The highest BCUT2D eigenvalue weighted by atomic mass is 79.9. The first kappa shape index (κ1) is 14.8. The van der Waals surface area contributed by atoms with Crippen molar-refractivity contribution < 1.29 is 4.74 Å². The van der Waals surface area contributed by atoms with Gasteiger partial charge < -0.3 is 10.5 Å². The molecule has 2 N–H and O–H groups in total. The number of benzene rings is 1. The summed E-state index contributed by atoms with van der Waals surface area (Å²) in [6.07, 6.45) is 3.92. The van der Waals surface area contributed by atoms with Gasteiger partial charge in [-0.2, -0.15) is 0 Å². The number of hydrogen-bond donors (Lipinski definition) is 1. The summed E-state index contributed by atoms with van der Waals surface area (Å²) in [5.74, 6) is 0. The number of nitrogens with zero attached hydrogens (tertiary/aromatic N) is 1. The van der Waals surface area contributed by atoms with Crippen molar-refractivity contribution in [2.45, 2.75) is 38.8 Å². The Hall–Kier alpha value is -0.580. The third kappa shape index (κ3) is 4.48. The van der Waals surface area contributed by atoms with Crippen LogP contribution in [-0.2, 0) is 11.3 Å². The summed E-state index contributed by atoms with van der Waals surface area (Å²) >= 11 is 3.43. The lowest BCUT2D eigenvalue weighted by Gasteiger charge is -2.32. The van der Waals surface area contributed by atoms with Crippen molar-refractivity contribution >= 4 is 21.6 Å². The Bertz CT molecular complexity index is 411. The van der Waals surface area contributed by atoms with Gasteiger partial charge in [0.05, 0.1) is 6.10 Å². The Balaban J connectivity index is 1.89. The average Bonchev–Trinajstić information content (AvgIpc) is 2.41. The number of nitrogen functional groups attached to an aromatic ring is 1. The second-order valence-electron chi connectivity index (χ2n) is 5.23. The van der Waals surface area contributed by atoms with Crippen molar-refractivity contribution in [3.63, 3.8) is 0 Å². The van der Waals surface area contributed by atoms with E-state index in [0.717, 1.165) is 42.8 Å². The Morgan fingerprint density at radius 3 is 3.05 bits per heavy atom. The third-order valence-corrected chi connectivity index (χ3v) is 4.21. The summed E-state index contributed by atoms with van der Waals surface area (Å²) < 4.78 is 6.84. The highest BCUT2D eigenvalue weighted by Crippen LogP contribution is 2.22. The van der Waals surface area contributed by atoms with Gasteiger partial charge in [-0.1, -0.05) is 13.0 Å². The summed E-state index contributed by atoms with van der Waals surface area (Å²) in [5, 5.41) is 0. The second-order valence-corrected chi connectivity index (χ2v) is 6.08. The first-order valence-corrected chi connectivity index (χ1v) is 7.86. The van der Waals surface area contributed by atoms with Crippen LogP contribution in [-0.4, -0.2) is 30.7 Å². The highest BCUT2D eigenvalue weighted by molar-refractivity contribution is 9.10. The molecule has 0 bridgehead atoms. The molecule has 106 valence electrons. The van der Waals surface area contributed by atoms with E-state index in [1.54, 1.807) is 0 Å². The molecule has 4 heteroatoms. The van der Waals surface area contributed by atoms with Crippen molar-refractivity contribution in [2.75, 3.05) is 25.4 Å². The van der Waals surface area contributed by atoms with E-state index in [1.165, 1.54) is 18.4 Å². The van der Waals surface area contributed by atoms with Crippen LogP contribution in [0.25, 0.3) is 0 Å². The Morgan fingerprint density at radius 1 is 1.47 bits per heavy atom. The molecule has 0 aromatic heterocycles. The van der Waals surface area contributed by atoms with Gasteiger partial charge in [-0.15, -0.1) is 0 Å². The van der Waals surface area contributed by atoms with Crippen molar-refractivity contribution in [2.24, 2.45) is 0 Å². The van der Waals surface area contributed by atoms with E-state index < -0.39 is 0 Å². The number of rotatable bonds is 5. The van der Waals surface area contributed by atoms with Crippen LogP contribution in [0, 0.1) is 0 Å². The van der Waals surface area contributed by atoms with Gasteiger partial charge in [-0.25, -0.2) is 0 Å². The summed E-state index contributed by atoms with van der Waals surface area (Å²) in [4.78, 5) is 2.46. The van der Waals surface area contributed by atoms with Gasteiger partial charge in [0.25, 0.3) is 0 Å². The number of ether oxygens (including phenoxy) is 1. The quantitative estimate of drug-likeness (QED) is 0.842. The maximum absolute atomic E-state index is 5.93. The molecule has 1 unspecified atom stereocenters. The number of halogens is 1. The zero-order valence-electron chi connectivity index (χ0n) is 11.6. The summed E-state index contributed by atoms with van der Waals surface area (Å²) in [5.41, 5.74) is 8.02. The van der Waals surface area contributed by atoms with Crippen LogP contribution in [0.2, 0.25) is 0 Å². The van der Waals surface area contributed by atoms with E-state index in [9.17, 15) is 0 Å². The van der Waals surface area contributed by atoms with Crippen molar-refractivity contribution in [1.29, 1.82) is 0 Å². The van der Waals surface area contributed by atoms with Gasteiger partial charge in [0.2, 0.25) is 0 Å². The van der Waals surface area contributed by atoms with E-state index in [1.807, 2.05) is 6.07 Å². The lowest BCUT2D eigenvalue weighted by Crippen LogP contribution is -2.39. The van der Waals surface area contributed by atoms with Gasteiger partial charge in [0.1, 0.15) is 0 Å². The fourth-order valence-electron chi connectivity index (χ4n) is 2.53. The van der Waals surface area contributed by atoms with E-state index in [-0.39, 0.29) is 0 Å². The largest absolute Gasteiger partial charge is 0.398 e. The molecular weight excluding hydrogens is 304 g/mol. The lowest BCUT2D eigenvalue weighted by atomic mass is 10.1. The van der Waals surface area contributed by atoms with Gasteiger partial charge in [0.15, 0.2) is 0 Å². The maximum atomic E-state index is 5.93. The second kappa shape index (κ2) is 7.27. The molecule has 1 aromatic rings. The molecule has 1 aromatic carbocycles. The van der Waals surface area contributed by atoms with Gasteiger partial charge in [-0.3, -0.25) is 4.90 Å². The van der Waals surface area contributed by atoms with Crippen LogP contribution < -0.4 is 5.73 Å². The van der Waals surface area contributed by atoms with E-state index in [0.29, 0.717) is 6.10 Å². The standard InChI is InChI=1S/C15H23BrN2O/c1-2-8-19-13-4-3-7-18(11-13)10-12-5-6-14(16)15(17)9-12/h5-6,9,13H,2-4,7-8,10-11,17H2,1H3. The molecule has 0 spiro atoms. The van der Waals surface area contributed by atoms with Gasteiger partial charge >= 0.3 is 0 Å². The first-order valence-electron chi connectivity index (χ1n) is 7.07. The van der Waals surface area contributed by atoms with E-state index >= 15 is 0 Å². The molecule has 0 radical (unpaired) electrons. The first-order chi connectivity index (χ1) is 9.19. The zero-order chi connectivity index (χ0) is 13.7. The topological polar surface area (TPSA) is 38.5 Å². The molecular formula is C15H23BrN2O. The maximum Gasteiger partial charge on any atom is 0.0702 e. The fraction of sp³-hybridized carbons (Fsp3) is 0.600. The van der Waals surface area contributed by atoms with E-state index in [2.05, 4.69) is 39.9 Å². The molecule has 1 aliphatic rings. The number of hydrogen-bond acceptors (Lipinski definition) is 3. The minimum Gasteiger partial charge on any atom is -0.398 e. The van der Waals surface area contributed by atoms with Crippen molar-refractivity contribution in [1.82, 2.24) is 4.90 Å². The minimum absolute atomic E-state index is 0.404. The Morgan fingerprint density at radius 2 is 2.32 bits per heavy atom. The van der Waals surface area contributed by atoms with Crippen LogP contribution in [0.5, 0.6) is 0 Å². The lowest BCUT2D eigenvalue weighted by molar-refractivity contribution is -0.00222. The summed E-state index contributed by atoms with van der Waals surface area (Å²) in [6.45, 7) is 6.19. The van der Waals surface area contributed by atoms with Crippen LogP contribution >= 0.6 is 15.9 Å². The van der Waals surface area contributed by atoms with E-state index in [4.69, 9.17) is 10.5 Å². The molecule has 1 fully saturated rings. The van der Waals surface area contributed by atoms with Crippen molar-refractivity contribution in [3.05, 3.63) is 28.2 Å². The normalized spacial score (nSPS) is 20.6. The molecule has 0 saturated carbocycles. The smallest absolute Gasteiger partial charge is 0.0702 e. The molecule has 1 aliphatic heterocycles. The highest BCUT2D eigenvalue weighted by Gasteiger charge is 2.20. The predicted molar refractivity (Wildman–Crippen MR) is 83.1 cm³/mol. The molecule has 1 atom stereocenters. The number of anilines is 1. The summed E-state index contributed by atoms with van der Waals surface area (Å²) in [7, 11) is 0. The SMILES string of the molecule is CCCOC1CCCN(Cc2ccc(Br)c(N)c2)C1. The molecule has 0 amide bonds. The molecule has 1 saturated heterocycles. The molecule has 0 aliphatic carbocycles. The predicted octanol–water partition coefficient (Wildman–Crippen LogP) is 3.42. The van der Waals surface area contributed by atoms with Crippen molar-refractivity contribution in [3.8, 4) is 0 Å². The van der Waals surface area contributed by atoms with Gasteiger partial charge in [-0.05, 0) is 59.4 Å².